The highest BCUT2D eigenvalue weighted by molar-refractivity contribution is 6.31. The number of ether oxygens (including phenoxy) is 1. The van der Waals surface area contributed by atoms with Crippen LogP contribution in [0, 0.1) is 0 Å². The number of hydrogen-bond donors (Lipinski definition) is 9. The first-order chi connectivity index (χ1) is 27.3. The Morgan fingerprint density at radius 3 is 2.12 bits per heavy atom. The second kappa shape index (κ2) is 26.9. The van der Waals surface area contributed by atoms with Crippen molar-refractivity contribution in [1.82, 2.24) is 25.5 Å². The third kappa shape index (κ3) is 18.3. The average Bonchev–Trinajstić information content (AvgIpc) is 3.20. The monoisotopic (exact) mass is 815 g/mol. The third-order valence-corrected chi connectivity index (χ3v) is 9.10. The number of nitrogens with zero attached hydrogens (tertiary/aromatic N) is 4. The molecule has 0 radical (unpaired) electrons. The number of aliphatic hydroxyl groups is 4. The van der Waals surface area contributed by atoms with Crippen molar-refractivity contribution in [2.45, 2.75) is 76.1 Å². The van der Waals surface area contributed by atoms with Crippen molar-refractivity contribution >= 4 is 47.5 Å². The first-order valence-corrected chi connectivity index (χ1v) is 19.1. The maximum absolute atomic E-state index is 12.7. The second-order valence-electron chi connectivity index (χ2n) is 13.3. The number of rotatable bonds is 23. The van der Waals surface area contributed by atoms with E-state index in [1.807, 2.05) is 7.05 Å². The smallest absolute Gasteiger partial charge is 0.292 e. The molecular weight excluding hydrogens is 758 g/mol. The number of methoxy groups -OCH3 is 1. The molecule has 18 heteroatoms. The fraction of sp³-hybridized carbons (Fsp3) is 0.487. The predicted octanol–water partition coefficient (Wildman–Crippen LogP) is 1.43. The Bertz CT molecular complexity index is 1680. The number of anilines is 2. The number of nitrogen functional groups attached to an aromatic ring is 2. The molecule has 12 N–H and O–H groups in total. The van der Waals surface area contributed by atoms with Gasteiger partial charge in [-0.15, -0.1) is 0 Å². The number of nitrogens with two attached hydrogens (primary N) is 3. The lowest BCUT2D eigenvalue weighted by atomic mass is 9.99. The molecule has 3 aromatic rings. The van der Waals surface area contributed by atoms with E-state index in [1.54, 1.807) is 4.90 Å². The summed E-state index contributed by atoms with van der Waals surface area (Å²) in [5, 5.41) is 43.6. The molecule has 1 aromatic heterocycles. The Morgan fingerprint density at radius 1 is 0.912 bits per heavy atom. The van der Waals surface area contributed by atoms with E-state index >= 15 is 0 Å². The summed E-state index contributed by atoms with van der Waals surface area (Å²) in [6.07, 6.45) is 2.68. The van der Waals surface area contributed by atoms with Gasteiger partial charge in [-0.1, -0.05) is 66.6 Å². The zero-order valence-corrected chi connectivity index (χ0v) is 33.4. The number of halogens is 1. The largest absolute Gasteiger partial charge is 0.471 e. The van der Waals surface area contributed by atoms with Gasteiger partial charge in [0.25, 0.3) is 12.4 Å². The molecule has 3 rings (SSSR count). The molecule has 3 unspecified atom stereocenters. The first kappa shape index (κ1) is 48.2. The first-order valence-electron chi connectivity index (χ1n) is 18.7. The minimum atomic E-state index is -1.30. The molecule has 3 atom stereocenters. The summed E-state index contributed by atoms with van der Waals surface area (Å²) >= 11 is 5.83. The van der Waals surface area contributed by atoms with Crippen LogP contribution in [0.1, 0.15) is 66.6 Å². The van der Waals surface area contributed by atoms with E-state index in [0.717, 1.165) is 55.2 Å². The summed E-state index contributed by atoms with van der Waals surface area (Å²) in [4.78, 5) is 47.6. The Labute approximate surface area is 338 Å². The van der Waals surface area contributed by atoms with E-state index in [2.05, 4.69) is 78.9 Å². The molecule has 0 aliphatic rings. The van der Waals surface area contributed by atoms with Crippen molar-refractivity contribution in [3.05, 3.63) is 70.5 Å². The van der Waals surface area contributed by atoms with Gasteiger partial charge in [-0.25, -0.2) is 9.97 Å². The summed E-state index contributed by atoms with van der Waals surface area (Å²) in [6.45, 7) is 2.01. The van der Waals surface area contributed by atoms with E-state index in [9.17, 15) is 24.9 Å². The number of aromatic nitrogens is 2. The number of carbonyl (C=O) groups excluding carboxylic acids is 3. The Morgan fingerprint density at radius 2 is 1.53 bits per heavy atom. The van der Waals surface area contributed by atoms with Crippen LogP contribution in [-0.2, 0) is 27.2 Å². The van der Waals surface area contributed by atoms with Crippen LogP contribution in [0.5, 0.6) is 0 Å². The SMILES string of the molecule is CN(CCCCCNCC(O)C(O)C(O)CCO)C(=O)CCc1ccc(-c2ccc(CCCCN=C(N)NC(=O)c3nc(Cl)c(N)nc3N)cc2)cc1.COC=O. The van der Waals surface area contributed by atoms with Gasteiger partial charge >= 0.3 is 0 Å². The Balaban J connectivity index is 0.00000267. The highest BCUT2D eigenvalue weighted by Gasteiger charge is 2.23. The summed E-state index contributed by atoms with van der Waals surface area (Å²) in [5.74, 6) is -0.859. The number of aliphatic imine (C=N–C) groups is 1. The van der Waals surface area contributed by atoms with Gasteiger partial charge in [0.15, 0.2) is 28.4 Å². The number of benzene rings is 2. The molecule has 2 aromatic carbocycles. The van der Waals surface area contributed by atoms with Crippen LogP contribution < -0.4 is 27.8 Å². The molecule has 1 heterocycles. The number of hydrogen-bond acceptors (Lipinski definition) is 14. The zero-order valence-electron chi connectivity index (χ0n) is 32.6. The van der Waals surface area contributed by atoms with Crippen LogP contribution in [0.25, 0.3) is 11.1 Å². The van der Waals surface area contributed by atoms with Gasteiger partial charge in [-0.05, 0) is 73.7 Å². The molecule has 0 bridgehead atoms. The highest BCUT2D eigenvalue weighted by Crippen LogP contribution is 2.22. The van der Waals surface area contributed by atoms with Crippen LogP contribution in [0.4, 0.5) is 11.6 Å². The van der Waals surface area contributed by atoms with Crippen molar-refractivity contribution in [1.29, 1.82) is 0 Å². The normalized spacial score (nSPS) is 12.8. The lowest BCUT2D eigenvalue weighted by Gasteiger charge is -2.22. The van der Waals surface area contributed by atoms with Crippen molar-refractivity contribution in [3.63, 3.8) is 0 Å². The quantitative estimate of drug-likeness (QED) is 0.0284. The van der Waals surface area contributed by atoms with Crippen molar-refractivity contribution < 1.29 is 39.5 Å². The van der Waals surface area contributed by atoms with Gasteiger partial charge in [0.2, 0.25) is 5.91 Å². The molecule has 57 heavy (non-hydrogen) atoms. The standard InChI is InChI=1S/C37H54ClN9O6.C2H4O2/c1-47(21-6-2-4-19-42-23-29(50)32(52)28(49)18-22-48)30(51)17-12-25-10-15-27(16-11-25)26-13-8-24(9-14-26)7-3-5-20-43-37(41)46-36(53)31-34(39)45-35(40)33(38)44-31;1-4-2-3/h8-11,13-16,28-29,32,42,48-50,52H,2-7,12,17-23H2,1H3,(H4,39,40,45)(H3,41,43,46,53);2H,1H3. The van der Waals surface area contributed by atoms with E-state index in [-0.39, 0.29) is 53.9 Å². The molecule has 0 saturated heterocycles. The maximum Gasteiger partial charge on any atom is 0.292 e. The molecule has 17 nitrogen and oxygen atoms in total. The summed E-state index contributed by atoms with van der Waals surface area (Å²) < 4.78 is 3.86. The number of guanidine groups is 1. The fourth-order valence-corrected chi connectivity index (χ4v) is 5.59. The number of nitrogens with one attached hydrogen (secondary N) is 2. The fourth-order valence-electron chi connectivity index (χ4n) is 5.46. The highest BCUT2D eigenvalue weighted by atomic mass is 35.5. The van der Waals surface area contributed by atoms with Gasteiger partial charge in [0.1, 0.15) is 6.10 Å². The number of aliphatic hydroxyl groups excluding tert-OH is 4. The molecule has 0 aliphatic carbocycles. The second-order valence-corrected chi connectivity index (χ2v) is 13.6. The van der Waals surface area contributed by atoms with Crippen LogP contribution in [0.15, 0.2) is 53.5 Å². The van der Waals surface area contributed by atoms with Crippen LogP contribution in [-0.4, -0.2) is 125 Å². The van der Waals surface area contributed by atoms with Crippen molar-refractivity contribution in [2.24, 2.45) is 10.7 Å². The molecule has 2 amide bonds. The van der Waals surface area contributed by atoms with Crippen molar-refractivity contribution in [2.75, 3.05) is 58.4 Å². The summed E-state index contributed by atoms with van der Waals surface area (Å²) in [7, 11) is 3.14. The number of carbonyl (C=O) groups is 3. The minimum Gasteiger partial charge on any atom is -0.471 e. The lowest BCUT2D eigenvalue weighted by Crippen LogP contribution is -2.43. The van der Waals surface area contributed by atoms with Gasteiger partial charge in [-0.2, -0.15) is 0 Å². The maximum atomic E-state index is 12.7. The van der Waals surface area contributed by atoms with Crippen LogP contribution in [0.3, 0.4) is 0 Å². The molecule has 314 valence electrons. The van der Waals surface area contributed by atoms with Gasteiger partial charge < -0.3 is 52.6 Å². The average molecular weight is 816 g/mol. The molecule has 0 fully saturated rings. The van der Waals surface area contributed by atoms with E-state index in [0.29, 0.717) is 38.9 Å². The van der Waals surface area contributed by atoms with E-state index in [1.165, 1.54) is 12.7 Å². The Kier molecular flexibility index (Phi) is 22.7. The molecule has 0 aliphatic heterocycles. The lowest BCUT2D eigenvalue weighted by molar-refractivity contribution is -0.130. The molecule has 0 saturated carbocycles. The van der Waals surface area contributed by atoms with Gasteiger partial charge in [-0.3, -0.25) is 24.7 Å². The Hall–Kier alpha value is -4.91. The number of amides is 2. The predicted molar refractivity (Wildman–Crippen MR) is 220 cm³/mol. The van der Waals surface area contributed by atoms with Gasteiger partial charge in [0.05, 0.1) is 19.3 Å². The molecular formula is C39H58ClN9O8. The van der Waals surface area contributed by atoms with Crippen molar-refractivity contribution in [3.8, 4) is 11.1 Å². The van der Waals surface area contributed by atoms with E-state index in [4.69, 9.17) is 38.7 Å². The number of unbranched alkanes of at least 4 members (excludes halogenated alkanes) is 3. The third-order valence-electron chi connectivity index (χ3n) is 8.82. The van der Waals surface area contributed by atoms with Gasteiger partial charge in [0, 0.05) is 39.7 Å². The summed E-state index contributed by atoms with van der Waals surface area (Å²) in [5.41, 5.74) is 21.4. The van der Waals surface area contributed by atoms with Crippen LogP contribution in [0.2, 0.25) is 5.15 Å². The van der Waals surface area contributed by atoms with E-state index < -0.39 is 24.2 Å². The van der Waals surface area contributed by atoms with Crippen LogP contribution >= 0.6 is 11.6 Å². The zero-order chi connectivity index (χ0) is 42.2. The number of aryl methyl sites for hydroxylation is 2. The topological polar surface area (TPSA) is 285 Å². The molecule has 0 spiro atoms. The minimum absolute atomic E-state index is 0.0123. The summed E-state index contributed by atoms with van der Waals surface area (Å²) in [6, 6.07) is 16.7.